The molecule has 19 heavy (non-hydrogen) atoms. The summed E-state index contributed by atoms with van der Waals surface area (Å²) in [5, 5.41) is 5.18. The maximum Gasteiger partial charge on any atom is 0.253 e. The minimum atomic E-state index is -0.405. The molecule has 1 aliphatic rings. The number of carbonyl (C=O) groups is 2. The van der Waals surface area contributed by atoms with E-state index < -0.39 is 6.29 Å². The van der Waals surface area contributed by atoms with E-state index in [0.717, 1.165) is 0 Å². The fraction of sp³-hybridized carbons (Fsp3) is 0.417. The van der Waals surface area contributed by atoms with Crippen LogP contribution in [0, 0.1) is 0 Å². The van der Waals surface area contributed by atoms with Crippen molar-refractivity contribution in [1.82, 2.24) is 15.6 Å². The lowest BCUT2D eigenvalue weighted by Crippen LogP contribution is -2.51. The third-order valence-electron chi connectivity index (χ3n) is 2.59. The lowest BCUT2D eigenvalue weighted by molar-refractivity contribution is -0.327. The highest BCUT2D eigenvalue weighted by Crippen LogP contribution is 2.10. The fourth-order valence-electron chi connectivity index (χ4n) is 1.57. The van der Waals surface area contributed by atoms with Crippen LogP contribution in [0.25, 0.3) is 0 Å². The summed E-state index contributed by atoms with van der Waals surface area (Å²) in [6, 6.07) is 3.03. The summed E-state index contributed by atoms with van der Waals surface area (Å²) in [4.78, 5) is 27.1. The Hall–Kier alpha value is -1.99. The average Bonchev–Trinajstić information content (AvgIpc) is 2.34. The van der Waals surface area contributed by atoms with Gasteiger partial charge >= 0.3 is 0 Å². The molecule has 2 amide bonds. The Kier molecular flexibility index (Phi) is 4.43. The molecule has 102 valence electrons. The minimum Gasteiger partial charge on any atom is -0.347 e. The first-order valence-corrected chi connectivity index (χ1v) is 5.87. The molecule has 1 aromatic heterocycles. The summed E-state index contributed by atoms with van der Waals surface area (Å²) in [7, 11) is 0. The lowest BCUT2D eigenvalue weighted by atomic mass is 10.2. The van der Waals surface area contributed by atoms with Gasteiger partial charge < -0.3 is 20.1 Å². The Balaban J connectivity index is 1.72. The number of amides is 2. The molecular weight excluding hydrogens is 250 g/mol. The van der Waals surface area contributed by atoms with Gasteiger partial charge in [-0.15, -0.1) is 0 Å². The van der Waals surface area contributed by atoms with Crippen molar-refractivity contribution in [2.24, 2.45) is 0 Å². The van der Waals surface area contributed by atoms with Crippen molar-refractivity contribution in [2.45, 2.75) is 19.3 Å². The normalized spacial score (nSPS) is 16.3. The summed E-state index contributed by atoms with van der Waals surface area (Å²) in [6.07, 6.45) is 2.60. The predicted octanol–water partition coefficient (Wildman–Crippen LogP) is -0.353. The quantitative estimate of drug-likeness (QED) is 0.759. The number of aromatic nitrogens is 1. The van der Waals surface area contributed by atoms with Crippen LogP contribution in [0.1, 0.15) is 17.3 Å². The molecule has 0 aromatic carbocycles. The summed E-state index contributed by atoms with van der Waals surface area (Å²) in [5.74, 6) is -0.643. The van der Waals surface area contributed by atoms with Gasteiger partial charge in [-0.1, -0.05) is 0 Å². The van der Waals surface area contributed by atoms with Crippen LogP contribution in [-0.4, -0.2) is 42.5 Å². The lowest BCUT2D eigenvalue weighted by Gasteiger charge is -2.32. The topological polar surface area (TPSA) is 89.6 Å². The Labute approximate surface area is 110 Å². The molecule has 0 spiro atoms. The first-order valence-electron chi connectivity index (χ1n) is 5.87. The molecular formula is C12H15N3O4. The molecule has 7 nitrogen and oxygen atoms in total. The van der Waals surface area contributed by atoms with E-state index in [2.05, 4.69) is 15.6 Å². The minimum absolute atomic E-state index is 0.106. The molecule has 2 heterocycles. The van der Waals surface area contributed by atoms with Gasteiger partial charge in [0, 0.05) is 12.4 Å². The highest BCUT2D eigenvalue weighted by Gasteiger charge is 2.26. The number of hydrogen-bond acceptors (Lipinski definition) is 5. The van der Waals surface area contributed by atoms with E-state index in [4.69, 9.17) is 9.47 Å². The number of carbonyl (C=O) groups excluding carboxylic acids is 2. The second-order valence-corrected chi connectivity index (χ2v) is 4.10. The Morgan fingerprint density at radius 1 is 1.53 bits per heavy atom. The predicted molar refractivity (Wildman–Crippen MR) is 65.0 cm³/mol. The summed E-state index contributed by atoms with van der Waals surface area (Å²) in [5.41, 5.74) is 0.411. The molecule has 2 rings (SSSR count). The molecule has 1 aromatic rings. The van der Waals surface area contributed by atoms with E-state index in [0.29, 0.717) is 5.56 Å². The average molecular weight is 265 g/mol. The summed E-state index contributed by atoms with van der Waals surface area (Å²) < 4.78 is 10.1. The van der Waals surface area contributed by atoms with Crippen molar-refractivity contribution in [3.63, 3.8) is 0 Å². The van der Waals surface area contributed by atoms with Gasteiger partial charge in [-0.3, -0.25) is 14.6 Å². The van der Waals surface area contributed by atoms with Crippen molar-refractivity contribution >= 4 is 11.8 Å². The van der Waals surface area contributed by atoms with Gasteiger partial charge in [0.25, 0.3) is 5.91 Å². The molecule has 1 fully saturated rings. The van der Waals surface area contributed by atoms with E-state index in [9.17, 15) is 9.59 Å². The van der Waals surface area contributed by atoms with Crippen LogP contribution in [0.3, 0.4) is 0 Å². The Morgan fingerprint density at radius 2 is 2.32 bits per heavy atom. The molecule has 0 radical (unpaired) electrons. The van der Waals surface area contributed by atoms with Crippen molar-refractivity contribution < 1.29 is 19.1 Å². The molecule has 1 aliphatic heterocycles. The van der Waals surface area contributed by atoms with Crippen molar-refractivity contribution in [1.29, 1.82) is 0 Å². The van der Waals surface area contributed by atoms with Crippen LogP contribution >= 0.6 is 0 Å². The third-order valence-corrected chi connectivity index (χ3v) is 2.59. The molecule has 1 atom stereocenters. The fourth-order valence-corrected chi connectivity index (χ4v) is 1.57. The maximum atomic E-state index is 11.7. The smallest absolute Gasteiger partial charge is 0.253 e. The van der Waals surface area contributed by atoms with Gasteiger partial charge in [-0.05, 0) is 19.1 Å². The van der Waals surface area contributed by atoms with Crippen LogP contribution in [0.2, 0.25) is 0 Å². The van der Waals surface area contributed by atoms with Gasteiger partial charge in [0.15, 0.2) is 13.1 Å². The number of nitrogens with one attached hydrogen (secondary N) is 2. The highest BCUT2D eigenvalue weighted by atomic mass is 16.8. The van der Waals surface area contributed by atoms with Crippen molar-refractivity contribution in [3.05, 3.63) is 30.1 Å². The van der Waals surface area contributed by atoms with Crippen LogP contribution in [0.15, 0.2) is 24.5 Å². The van der Waals surface area contributed by atoms with Crippen molar-refractivity contribution in [2.75, 3.05) is 13.3 Å². The third kappa shape index (κ3) is 3.73. The van der Waals surface area contributed by atoms with Crippen LogP contribution in [-0.2, 0) is 14.3 Å². The first kappa shape index (κ1) is 13.4. The number of pyridine rings is 1. The zero-order chi connectivity index (χ0) is 13.7. The molecule has 0 saturated carbocycles. The molecule has 7 heteroatoms. The maximum absolute atomic E-state index is 11.7. The van der Waals surface area contributed by atoms with Crippen LogP contribution < -0.4 is 10.6 Å². The Bertz CT molecular complexity index is 448. The largest absolute Gasteiger partial charge is 0.347 e. The number of nitrogens with zero attached hydrogens (tertiary/aromatic N) is 1. The van der Waals surface area contributed by atoms with Gasteiger partial charge in [0.05, 0.1) is 18.2 Å². The van der Waals surface area contributed by atoms with Crippen LogP contribution in [0.4, 0.5) is 0 Å². The number of hydrogen-bond donors (Lipinski definition) is 2. The van der Waals surface area contributed by atoms with E-state index in [1.165, 1.54) is 6.20 Å². The summed E-state index contributed by atoms with van der Waals surface area (Å²) >= 11 is 0. The van der Waals surface area contributed by atoms with E-state index in [-0.39, 0.29) is 31.2 Å². The molecule has 0 bridgehead atoms. The zero-order valence-corrected chi connectivity index (χ0v) is 10.5. The monoisotopic (exact) mass is 265 g/mol. The Morgan fingerprint density at radius 3 is 2.89 bits per heavy atom. The van der Waals surface area contributed by atoms with Gasteiger partial charge in [-0.25, -0.2) is 0 Å². The molecule has 1 unspecified atom stereocenters. The molecule has 2 N–H and O–H groups in total. The van der Waals surface area contributed by atoms with E-state index >= 15 is 0 Å². The zero-order valence-electron chi connectivity index (χ0n) is 10.5. The van der Waals surface area contributed by atoms with Gasteiger partial charge in [-0.2, -0.15) is 0 Å². The second-order valence-electron chi connectivity index (χ2n) is 4.10. The molecule has 0 aliphatic carbocycles. The van der Waals surface area contributed by atoms with Gasteiger partial charge in [0.2, 0.25) is 5.91 Å². The van der Waals surface area contributed by atoms with Crippen molar-refractivity contribution in [3.8, 4) is 0 Å². The standard InChI is InChI=1S/C12H15N3O4/c1-8(12-18-7-19-12)15-10(16)6-14-11(17)9-3-2-4-13-5-9/h2-5,8,12H,6-7H2,1H3,(H,14,17)(H,15,16). The molecule has 1 saturated heterocycles. The number of ether oxygens (including phenoxy) is 2. The van der Waals surface area contributed by atoms with E-state index in [1.54, 1.807) is 25.3 Å². The second kappa shape index (κ2) is 6.26. The van der Waals surface area contributed by atoms with E-state index in [1.807, 2.05) is 0 Å². The highest BCUT2D eigenvalue weighted by molar-refractivity contribution is 5.96. The SMILES string of the molecule is CC(NC(=O)CNC(=O)c1cccnc1)C1OCO1. The van der Waals surface area contributed by atoms with Crippen LogP contribution in [0.5, 0.6) is 0 Å². The first-order chi connectivity index (χ1) is 9.16. The van der Waals surface area contributed by atoms with Gasteiger partial charge in [0.1, 0.15) is 0 Å². The summed E-state index contributed by atoms with van der Waals surface area (Å²) in [6.45, 7) is 1.91. The number of rotatable bonds is 5.